The molecule has 5 nitrogen and oxygen atoms in total. The third-order valence-corrected chi connectivity index (χ3v) is 4.86. The number of hydrogen-bond donors (Lipinski definition) is 2. The predicted octanol–water partition coefficient (Wildman–Crippen LogP) is 5.33. The number of carbonyl (C=O) groups excluding carboxylic acids is 2. The quantitative estimate of drug-likeness (QED) is 0.354. The number of ketones is 1. The number of hydrogen-bond acceptors (Lipinski definition) is 3. The monoisotopic (exact) mass is 395 g/mol. The first-order valence-electron chi connectivity index (χ1n) is 9.65. The molecule has 0 saturated heterocycles. The van der Waals surface area contributed by atoms with Crippen molar-refractivity contribution in [3.05, 3.63) is 101 Å². The molecule has 0 bridgehead atoms. The molecular weight excluding hydrogens is 374 g/mol. The molecule has 1 aromatic heterocycles. The Morgan fingerprint density at radius 1 is 0.967 bits per heavy atom. The highest BCUT2D eigenvalue weighted by Gasteiger charge is 2.09. The zero-order chi connectivity index (χ0) is 21.1. The van der Waals surface area contributed by atoms with Gasteiger partial charge in [-0.05, 0) is 66.9 Å². The predicted molar refractivity (Wildman–Crippen MR) is 120 cm³/mol. The van der Waals surface area contributed by atoms with Gasteiger partial charge < -0.3 is 10.3 Å². The van der Waals surface area contributed by atoms with Crippen LogP contribution in [0.25, 0.3) is 17.1 Å². The smallest absolute Gasteiger partial charge is 0.255 e. The van der Waals surface area contributed by atoms with E-state index >= 15 is 0 Å². The van der Waals surface area contributed by atoms with Crippen molar-refractivity contribution in [1.29, 1.82) is 0 Å². The summed E-state index contributed by atoms with van der Waals surface area (Å²) in [6, 6.07) is 20.5. The van der Waals surface area contributed by atoms with Gasteiger partial charge in [0.25, 0.3) is 5.91 Å². The van der Waals surface area contributed by atoms with Gasteiger partial charge in [-0.15, -0.1) is 0 Å². The number of imidazole rings is 1. The third kappa shape index (κ3) is 4.20. The lowest BCUT2D eigenvalue weighted by Gasteiger charge is -2.08. The van der Waals surface area contributed by atoms with Crippen molar-refractivity contribution in [1.82, 2.24) is 9.97 Å². The summed E-state index contributed by atoms with van der Waals surface area (Å²) < 4.78 is 0. The first-order chi connectivity index (χ1) is 14.5. The van der Waals surface area contributed by atoms with Gasteiger partial charge >= 0.3 is 0 Å². The van der Waals surface area contributed by atoms with Gasteiger partial charge in [0.2, 0.25) is 5.78 Å². The Hall–Kier alpha value is -3.99. The average molecular weight is 395 g/mol. The lowest BCUT2D eigenvalue weighted by molar-refractivity contribution is 0.102. The fourth-order valence-electron chi connectivity index (χ4n) is 3.14. The summed E-state index contributed by atoms with van der Waals surface area (Å²) in [7, 11) is 0. The molecule has 148 valence electrons. The van der Waals surface area contributed by atoms with E-state index < -0.39 is 0 Å². The number of benzene rings is 3. The number of para-hydroxylation sites is 1. The number of aromatic amines is 1. The lowest BCUT2D eigenvalue weighted by Crippen LogP contribution is -2.12. The highest BCUT2D eigenvalue weighted by Crippen LogP contribution is 2.16. The second-order valence-corrected chi connectivity index (χ2v) is 7.19. The molecule has 0 aliphatic carbocycles. The zero-order valence-electron chi connectivity index (χ0n) is 16.8. The van der Waals surface area contributed by atoms with E-state index in [2.05, 4.69) is 15.3 Å². The topological polar surface area (TPSA) is 74.8 Å². The summed E-state index contributed by atoms with van der Waals surface area (Å²) in [4.78, 5) is 32.3. The van der Waals surface area contributed by atoms with E-state index in [4.69, 9.17) is 0 Å². The van der Waals surface area contributed by atoms with Crippen LogP contribution in [0, 0.1) is 13.8 Å². The van der Waals surface area contributed by atoms with Crippen LogP contribution in [0.4, 0.5) is 5.69 Å². The van der Waals surface area contributed by atoms with Crippen LogP contribution < -0.4 is 5.32 Å². The van der Waals surface area contributed by atoms with E-state index in [1.165, 1.54) is 6.08 Å². The molecule has 5 heteroatoms. The summed E-state index contributed by atoms with van der Waals surface area (Å²) in [6.07, 6.45) is 3.19. The van der Waals surface area contributed by atoms with Crippen LogP contribution in [0.15, 0.2) is 72.8 Å². The van der Waals surface area contributed by atoms with Crippen LogP contribution in [-0.2, 0) is 0 Å². The Bertz CT molecular complexity index is 1270. The number of nitrogens with one attached hydrogen (secondary N) is 2. The van der Waals surface area contributed by atoms with Crippen molar-refractivity contribution in [2.45, 2.75) is 13.8 Å². The van der Waals surface area contributed by atoms with Crippen molar-refractivity contribution in [2.75, 3.05) is 5.32 Å². The van der Waals surface area contributed by atoms with Gasteiger partial charge in [0.05, 0.1) is 11.0 Å². The van der Waals surface area contributed by atoms with Crippen molar-refractivity contribution < 1.29 is 9.59 Å². The molecule has 0 saturated carbocycles. The van der Waals surface area contributed by atoms with Gasteiger partial charge in [0, 0.05) is 11.3 Å². The Labute approximate surface area is 174 Å². The highest BCUT2D eigenvalue weighted by molar-refractivity contribution is 6.06. The van der Waals surface area contributed by atoms with Gasteiger partial charge in [-0.2, -0.15) is 0 Å². The summed E-state index contributed by atoms with van der Waals surface area (Å²) in [5.41, 5.74) is 5.88. The van der Waals surface area contributed by atoms with Crippen molar-refractivity contribution >= 4 is 34.5 Å². The second-order valence-electron chi connectivity index (χ2n) is 7.19. The first-order valence-corrected chi connectivity index (χ1v) is 9.65. The largest absolute Gasteiger partial charge is 0.335 e. The minimum Gasteiger partial charge on any atom is -0.335 e. The van der Waals surface area contributed by atoms with Gasteiger partial charge in [-0.25, -0.2) is 4.98 Å². The number of H-pyrrole nitrogens is 1. The molecule has 3 aromatic carbocycles. The fourth-order valence-corrected chi connectivity index (χ4v) is 3.14. The Morgan fingerprint density at radius 3 is 2.50 bits per heavy atom. The van der Waals surface area contributed by atoms with Gasteiger partial charge in [0.1, 0.15) is 0 Å². The van der Waals surface area contributed by atoms with E-state index in [0.29, 0.717) is 11.4 Å². The maximum atomic E-state index is 12.4. The molecule has 1 heterocycles. The minimum atomic E-state index is -0.203. The zero-order valence-corrected chi connectivity index (χ0v) is 16.8. The molecule has 4 aromatic rings. The SMILES string of the molecule is Cc1ccc2nc(C(=O)C=Cc3ccc(C(=O)Nc4ccccc4C)cc3)[nH]c2c1. The summed E-state index contributed by atoms with van der Waals surface area (Å²) in [6.45, 7) is 3.94. The second kappa shape index (κ2) is 8.17. The lowest BCUT2D eigenvalue weighted by atomic mass is 10.1. The summed E-state index contributed by atoms with van der Waals surface area (Å²) >= 11 is 0. The number of anilines is 1. The van der Waals surface area contributed by atoms with E-state index in [0.717, 1.165) is 33.4 Å². The maximum Gasteiger partial charge on any atom is 0.255 e. The van der Waals surface area contributed by atoms with E-state index in [1.807, 2.05) is 56.3 Å². The third-order valence-electron chi connectivity index (χ3n) is 4.86. The average Bonchev–Trinajstić information content (AvgIpc) is 3.17. The summed E-state index contributed by atoms with van der Waals surface area (Å²) in [5.74, 6) is -0.0696. The number of nitrogens with zero attached hydrogens (tertiary/aromatic N) is 1. The molecule has 0 fully saturated rings. The Kier molecular flexibility index (Phi) is 5.26. The Balaban J connectivity index is 1.44. The molecule has 2 N–H and O–H groups in total. The minimum absolute atomic E-state index is 0.173. The van der Waals surface area contributed by atoms with Gasteiger partial charge in [-0.3, -0.25) is 9.59 Å². The molecule has 0 spiro atoms. The standard InChI is InChI=1S/C25H21N3O2/c1-16-7-13-21-22(15-16)27-24(26-21)23(29)14-10-18-8-11-19(12-9-18)25(30)28-20-6-4-3-5-17(20)2/h3-15H,1-2H3,(H,26,27)(H,28,30). The molecule has 1 amide bonds. The van der Waals surface area contributed by atoms with Crippen LogP contribution >= 0.6 is 0 Å². The molecule has 0 atom stereocenters. The first kappa shape index (κ1) is 19.3. The molecular formula is C25H21N3O2. The van der Waals surface area contributed by atoms with Crippen LogP contribution in [0.3, 0.4) is 0 Å². The maximum absolute atomic E-state index is 12.4. The number of amides is 1. The fraction of sp³-hybridized carbons (Fsp3) is 0.0800. The number of rotatable bonds is 5. The molecule has 0 unspecified atom stereocenters. The van der Waals surface area contributed by atoms with Crippen LogP contribution in [0.5, 0.6) is 0 Å². The van der Waals surface area contributed by atoms with Crippen LogP contribution in [0.1, 0.15) is 37.7 Å². The number of aromatic nitrogens is 2. The van der Waals surface area contributed by atoms with Crippen molar-refractivity contribution in [3.8, 4) is 0 Å². The van der Waals surface area contributed by atoms with E-state index in [-0.39, 0.29) is 11.7 Å². The number of allylic oxidation sites excluding steroid dienone is 1. The molecule has 0 aliphatic heterocycles. The van der Waals surface area contributed by atoms with Crippen LogP contribution in [-0.4, -0.2) is 21.7 Å². The van der Waals surface area contributed by atoms with Gasteiger partial charge in [0.15, 0.2) is 5.82 Å². The number of carbonyl (C=O) groups is 2. The van der Waals surface area contributed by atoms with E-state index in [1.54, 1.807) is 30.3 Å². The normalized spacial score (nSPS) is 11.1. The van der Waals surface area contributed by atoms with Gasteiger partial charge in [-0.1, -0.05) is 42.5 Å². The Morgan fingerprint density at radius 2 is 1.73 bits per heavy atom. The highest BCUT2D eigenvalue weighted by atomic mass is 16.1. The van der Waals surface area contributed by atoms with E-state index in [9.17, 15) is 9.59 Å². The number of fused-ring (bicyclic) bond motifs is 1. The van der Waals surface area contributed by atoms with Crippen molar-refractivity contribution in [2.24, 2.45) is 0 Å². The van der Waals surface area contributed by atoms with Crippen LogP contribution in [0.2, 0.25) is 0 Å². The molecule has 4 rings (SSSR count). The molecule has 30 heavy (non-hydrogen) atoms. The molecule has 0 radical (unpaired) electrons. The summed E-state index contributed by atoms with van der Waals surface area (Å²) in [5, 5.41) is 2.91. The van der Waals surface area contributed by atoms with Crippen molar-refractivity contribution in [3.63, 3.8) is 0 Å². The molecule has 0 aliphatic rings. The number of aryl methyl sites for hydroxylation is 2.